The lowest BCUT2D eigenvalue weighted by atomic mass is 10.4. The molecule has 0 atom stereocenters. The van der Waals surface area contributed by atoms with Gasteiger partial charge in [0.1, 0.15) is 4.88 Å². The van der Waals surface area contributed by atoms with Gasteiger partial charge in [-0.1, -0.05) is 0 Å². The summed E-state index contributed by atoms with van der Waals surface area (Å²) < 4.78 is 4.75. The van der Waals surface area contributed by atoms with Crippen molar-refractivity contribution in [2.75, 3.05) is 13.7 Å². The molecule has 0 saturated heterocycles. The quantitative estimate of drug-likeness (QED) is 0.761. The number of carbonyl (C=O) groups excluding carboxylic acids is 2. The van der Waals surface area contributed by atoms with Crippen molar-refractivity contribution in [3.05, 3.63) is 21.9 Å². The molecule has 1 rings (SSSR count). The number of rotatable bonds is 3. The topological polar surface area (TPSA) is 55.4 Å². The third kappa shape index (κ3) is 2.85. The van der Waals surface area contributed by atoms with E-state index in [-0.39, 0.29) is 12.5 Å². The lowest BCUT2D eigenvalue weighted by Crippen LogP contribution is -2.24. The van der Waals surface area contributed by atoms with Crippen molar-refractivity contribution in [2.24, 2.45) is 0 Å². The summed E-state index contributed by atoms with van der Waals surface area (Å²) in [6, 6.07) is 3.52. The van der Waals surface area contributed by atoms with E-state index in [0.717, 1.165) is 4.88 Å². The van der Waals surface area contributed by atoms with Crippen molar-refractivity contribution in [3.63, 3.8) is 0 Å². The molecule has 0 aliphatic rings. The van der Waals surface area contributed by atoms with Gasteiger partial charge in [0.05, 0.1) is 0 Å². The van der Waals surface area contributed by atoms with Crippen molar-refractivity contribution in [2.45, 2.75) is 6.92 Å². The van der Waals surface area contributed by atoms with Crippen molar-refractivity contribution < 1.29 is 14.3 Å². The summed E-state index contributed by atoms with van der Waals surface area (Å²) in [5.41, 5.74) is 0. The van der Waals surface area contributed by atoms with Crippen LogP contribution in [-0.2, 0) is 9.53 Å². The SMILES string of the molecule is CNC(=O)COC(=O)c1ccc(C)s1. The fourth-order valence-electron chi connectivity index (χ4n) is 0.819. The van der Waals surface area contributed by atoms with Crippen LogP contribution in [0.3, 0.4) is 0 Å². The van der Waals surface area contributed by atoms with Crippen LogP contribution in [0.5, 0.6) is 0 Å². The van der Waals surface area contributed by atoms with Crippen LogP contribution in [0.4, 0.5) is 0 Å². The Bertz CT molecular complexity index is 346. The highest BCUT2D eigenvalue weighted by Gasteiger charge is 2.10. The second-order valence-corrected chi connectivity index (χ2v) is 3.95. The van der Waals surface area contributed by atoms with Gasteiger partial charge < -0.3 is 10.1 Å². The van der Waals surface area contributed by atoms with Crippen LogP contribution in [0.2, 0.25) is 0 Å². The third-order valence-electron chi connectivity index (χ3n) is 1.55. The molecule has 0 aliphatic carbocycles. The molecule has 0 radical (unpaired) electrons. The van der Waals surface area contributed by atoms with Gasteiger partial charge in [-0.05, 0) is 19.1 Å². The Hall–Kier alpha value is -1.36. The molecule has 14 heavy (non-hydrogen) atoms. The molecule has 1 heterocycles. The first kappa shape index (κ1) is 10.7. The number of aryl methyl sites for hydroxylation is 1. The average Bonchev–Trinajstić information content (AvgIpc) is 2.60. The number of thiophene rings is 1. The van der Waals surface area contributed by atoms with Gasteiger partial charge in [0, 0.05) is 11.9 Å². The zero-order valence-electron chi connectivity index (χ0n) is 7.99. The molecular weight excluding hydrogens is 202 g/mol. The van der Waals surface area contributed by atoms with Crippen LogP contribution < -0.4 is 5.32 Å². The van der Waals surface area contributed by atoms with Gasteiger partial charge in [0.2, 0.25) is 0 Å². The molecule has 0 fully saturated rings. The Labute approximate surface area is 85.9 Å². The Morgan fingerprint density at radius 2 is 2.21 bits per heavy atom. The summed E-state index contributed by atoms with van der Waals surface area (Å²) in [6.07, 6.45) is 0. The highest BCUT2D eigenvalue weighted by molar-refractivity contribution is 7.13. The molecule has 4 nitrogen and oxygen atoms in total. The number of nitrogens with one attached hydrogen (secondary N) is 1. The van der Waals surface area contributed by atoms with Crippen LogP contribution in [0, 0.1) is 6.92 Å². The van der Waals surface area contributed by atoms with Crippen molar-refractivity contribution in [3.8, 4) is 0 Å². The van der Waals surface area contributed by atoms with Gasteiger partial charge in [-0.25, -0.2) is 4.79 Å². The number of hydrogen-bond acceptors (Lipinski definition) is 4. The Morgan fingerprint density at radius 3 is 2.71 bits per heavy atom. The molecule has 1 N–H and O–H groups in total. The predicted molar refractivity (Wildman–Crippen MR) is 53.4 cm³/mol. The van der Waals surface area contributed by atoms with Gasteiger partial charge in [0.25, 0.3) is 5.91 Å². The van der Waals surface area contributed by atoms with Crippen molar-refractivity contribution >= 4 is 23.2 Å². The minimum absolute atomic E-state index is 0.230. The first-order valence-corrected chi connectivity index (χ1v) is 4.89. The maximum atomic E-state index is 11.3. The Kier molecular flexibility index (Phi) is 3.64. The standard InChI is InChI=1S/C9H11NO3S/c1-6-3-4-7(14-6)9(12)13-5-8(11)10-2/h3-4H,5H2,1-2H3,(H,10,11). The predicted octanol–water partition coefficient (Wildman–Crippen LogP) is 0.959. The molecule has 0 spiro atoms. The Balaban J connectivity index is 2.47. The normalized spacial score (nSPS) is 9.57. The van der Waals surface area contributed by atoms with Gasteiger partial charge in [-0.15, -0.1) is 11.3 Å². The summed E-state index contributed by atoms with van der Waals surface area (Å²) in [5.74, 6) is -0.765. The van der Waals surface area contributed by atoms with Crippen LogP contribution in [0.25, 0.3) is 0 Å². The molecule has 0 saturated carbocycles. The molecule has 0 unspecified atom stereocenters. The van der Waals surface area contributed by atoms with E-state index in [9.17, 15) is 9.59 Å². The fraction of sp³-hybridized carbons (Fsp3) is 0.333. The van der Waals surface area contributed by atoms with E-state index in [0.29, 0.717) is 4.88 Å². The van der Waals surface area contributed by atoms with Crippen LogP contribution in [0.1, 0.15) is 14.5 Å². The largest absolute Gasteiger partial charge is 0.451 e. The monoisotopic (exact) mass is 213 g/mol. The number of likely N-dealkylation sites (N-methyl/N-ethyl adjacent to an activating group) is 1. The number of esters is 1. The maximum absolute atomic E-state index is 11.3. The molecule has 0 aromatic carbocycles. The van der Waals surface area contributed by atoms with Crippen molar-refractivity contribution in [1.29, 1.82) is 0 Å². The summed E-state index contributed by atoms with van der Waals surface area (Å²) >= 11 is 1.35. The van der Waals surface area contributed by atoms with E-state index in [1.54, 1.807) is 6.07 Å². The van der Waals surface area contributed by atoms with Crippen molar-refractivity contribution in [1.82, 2.24) is 5.32 Å². The van der Waals surface area contributed by atoms with E-state index in [2.05, 4.69) is 5.32 Å². The summed E-state index contributed by atoms with van der Waals surface area (Å²) in [4.78, 5) is 23.6. The minimum atomic E-state index is -0.452. The van der Waals surface area contributed by atoms with Gasteiger partial charge >= 0.3 is 5.97 Å². The minimum Gasteiger partial charge on any atom is -0.451 e. The lowest BCUT2D eigenvalue weighted by Gasteiger charge is -2.00. The van der Waals surface area contributed by atoms with E-state index < -0.39 is 5.97 Å². The Morgan fingerprint density at radius 1 is 1.50 bits per heavy atom. The first-order chi connectivity index (χ1) is 6.63. The molecule has 76 valence electrons. The lowest BCUT2D eigenvalue weighted by molar-refractivity contribution is -0.123. The molecular formula is C9H11NO3S. The van der Waals surface area contributed by atoms with E-state index >= 15 is 0 Å². The molecule has 0 bridgehead atoms. The molecule has 0 aliphatic heterocycles. The number of ether oxygens (including phenoxy) is 1. The number of amides is 1. The first-order valence-electron chi connectivity index (χ1n) is 4.07. The number of carbonyl (C=O) groups is 2. The molecule has 1 aromatic rings. The van der Waals surface area contributed by atoms with E-state index in [1.165, 1.54) is 18.4 Å². The van der Waals surface area contributed by atoms with Crippen LogP contribution in [0.15, 0.2) is 12.1 Å². The third-order valence-corrected chi connectivity index (χ3v) is 2.54. The summed E-state index contributed by atoms with van der Waals surface area (Å²) in [6.45, 7) is 1.67. The smallest absolute Gasteiger partial charge is 0.348 e. The van der Waals surface area contributed by atoms with Gasteiger partial charge in [-0.2, -0.15) is 0 Å². The van der Waals surface area contributed by atoms with Crippen LogP contribution >= 0.6 is 11.3 Å². The van der Waals surface area contributed by atoms with E-state index in [1.807, 2.05) is 13.0 Å². The summed E-state index contributed by atoms with van der Waals surface area (Å²) in [7, 11) is 1.49. The second-order valence-electron chi connectivity index (χ2n) is 2.66. The zero-order chi connectivity index (χ0) is 10.6. The van der Waals surface area contributed by atoms with Gasteiger partial charge in [0.15, 0.2) is 6.61 Å². The van der Waals surface area contributed by atoms with E-state index in [4.69, 9.17) is 4.74 Å². The average molecular weight is 213 g/mol. The summed E-state index contributed by atoms with van der Waals surface area (Å²) in [5, 5.41) is 2.36. The second kappa shape index (κ2) is 4.76. The molecule has 1 aromatic heterocycles. The molecule has 1 amide bonds. The van der Waals surface area contributed by atoms with Crippen LogP contribution in [-0.4, -0.2) is 25.5 Å². The highest BCUT2D eigenvalue weighted by atomic mass is 32.1. The van der Waals surface area contributed by atoms with Gasteiger partial charge in [-0.3, -0.25) is 4.79 Å². The molecule has 5 heteroatoms. The highest BCUT2D eigenvalue weighted by Crippen LogP contribution is 2.15. The number of hydrogen-bond donors (Lipinski definition) is 1. The maximum Gasteiger partial charge on any atom is 0.348 e. The fourth-order valence-corrected chi connectivity index (χ4v) is 1.58. The zero-order valence-corrected chi connectivity index (χ0v) is 8.81.